The highest BCUT2D eigenvalue weighted by Gasteiger charge is 2.42. The molecule has 2 aromatic rings. The highest BCUT2D eigenvalue weighted by atomic mass is 32.2. The quantitative estimate of drug-likeness (QED) is 0.760. The molecule has 2 amide bonds. The number of amides is 2. The number of furan rings is 1. The minimum absolute atomic E-state index is 0.109. The first-order chi connectivity index (χ1) is 14.6. The number of hydrogen-bond acceptors (Lipinski definition) is 6. The minimum atomic E-state index is -0.520. The summed E-state index contributed by atoms with van der Waals surface area (Å²) in [5.74, 6) is 0.304. The van der Waals surface area contributed by atoms with Crippen molar-refractivity contribution in [1.82, 2.24) is 15.1 Å². The van der Waals surface area contributed by atoms with Gasteiger partial charge in [-0.2, -0.15) is 0 Å². The zero-order valence-corrected chi connectivity index (χ0v) is 17.9. The van der Waals surface area contributed by atoms with Crippen LogP contribution in [0, 0.1) is 6.92 Å². The van der Waals surface area contributed by atoms with Crippen LogP contribution in [0.3, 0.4) is 0 Å². The van der Waals surface area contributed by atoms with E-state index in [0.717, 1.165) is 44.0 Å². The maximum atomic E-state index is 13.4. The first-order valence-electron chi connectivity index (χ1n) is 10.2. The van der Waals surface area contributed by atoms with Crippen molar-refractivity contribution in [2.24, 2.45) is 0 Å². The molecule has 3 heterocycles. The smallest absolute Gasteiger partial charge is 0.255 e. The Kier molecular flexibility index (Phi) is 6.76. The second-order valence-corrected chi connectivity index (χ2v) is 8.69. The Morgan fingerprint density at radius 3 is 2.63 bits per heavy atom. The lowest BCUT2D eigenvalue weighted by molar-refractivity contribution is -0.124. The first-order valence-corrected chi connectivity index (χ1v) is 11.3. The minimum Gasteiger partial charge on any atom is -0.472 e. The molecule has 8 heteroatoms. The molecule has 2 saturated heterocycles. The lowest BCUT2D eigenvalue weighted by atomic mass is 10.1. The summed E-state index contributed by atoms with van der Waals surface area (Å²) in [6.45, 7) is 6.57. The van der Waals surface area contributed by atoms with Crippen molar-refractivity contribution >= 4 is 23.6 Å². The van der Waals surface area contributed by atoms with Gasteiger partial charge in [-0.1, -0.05) is 17.7 Å². The fourth-order valence-corrected chi connectivity index (χ4v) is 5.16. The van der Waals surface area contributed by atoms with Crippen molar-refractivity contribution in [2.45, 2.75) is 18.3 Å². The van der Waals surface area contributed by atoms with Gasteiger partial charge in [0.05, 0.1) is 25.7 Å². The van der Waals surface area contributed by atoms with Crippen LogP contribution in [0.5, 0.6) is 0 Å². The van der Waals surface area contributed by atoms with Gasteiger partial charge < -0.3 is 19.4 Å². The molecule has 160 valence electrons. The zero-order valence-electron chi connectivity index (χ0n) is 17.1. The van der Waals surface area contributed by atoms with Crippen molar-refractivity contribution in [3.63, 3.8) is 0 Å². The third-order valence-electron chi connectivity index (χ3n) is 5.50. The van der Waals surface area contributed by atoms with Crippen LogP contribution in [-0.4, -0.2) is 72.8 Å². The van der Waals surface area contributed by atoms with Crippen LogP contribution in [0.2, 0.25) is 0 Å². The number of carbonyl (C=O) groups is 2. The van der Waals surface area contributed by atoms with Crippen LogP contribution in [0.4, 0.5) is 0 Å². The predicted molar refractivity (Wildman–Crippen MR) is 115 cm³/mol. The Morgan fingerprint density at radius 1 is 1.17 bits per heavy atom. The standard InChI is InChI=1S/C22H27N3O4S/c1-16-2-4-17(5-3-16)21(27)25-19(15-30-22(25)18-6-11-29-14-18)20(26)23-7-8-24-9-12-28-13-10-24/h2-6,11,14,19,22H,7-10,12-13,15H2,1H3,(H,23,26). The number of aryl methyl sites for hydroxylation is 1. The Morgan fingerprint density at radius 2 is 1.93 bits per heavy atom. The maximum Gasteiger partial charge on any atom is 0.255 e. The first kappa shape index (κ1) is 21.0. The van der Waals surface area contributed by atoms with Crippen LogP contribution < -0.4 is 5.32 Å². The van der Waals surface area contributed by atoms with E-state index in [0.29, 0.717) is 17.9 Å². The lowest BCUT2D eigenvalue weighted by Crippen LogP contribution is -2.49. The summed E-state index contributed by atoms with van der Waals surface area (Å²) >= 11 is 1.59. The summed E-state index contributed by atoms with van der Waals surface area (Å²) in [6, 6.07) is 8.81. The molecule has 4 rings (SSSR count). The number of hydrogen-bond donors (Lipinski definition) is 1. The van der Waals surface area contributed by atoms with E-state index in [-0.39, 0.29) is 17.2 Å². The Hall–Kier alpha value is -2.29. The summed E-state index contributed by atoms with van der Waals surface area (Å²) in [5.41, 5.74) is 2.57. The lowest BCUT2D eigenvalue weighted by Gasteiger charge is -2.29. The number of rotatable bonds is 6. The van der Waals surface area contributed by atoms with E-state index in [2.05, 4.69) is 10.2 Å². The number of carbonyl (C=O) groups excluding carboxylic acids is 2. The van der Waals surface area contributed by atoms with Gasteiger partial charge in [0.1, 0.15) is 11.4 Å². The highest BCUT2D eigenvalue weighted by Crippen LogP contribution is 2.42. The molecule has 0 bridgehead atoms. The van der Waals surface area contributed by atoms with E-state index < -0.39 is 6.04 Å². The van der Waals surface area contributed by atoms with Crippen LogP contribution >= 0.6 is 11.8 Å². The van der Waals surface area contributed by atoms with E-state index in [1.54, 1.807) is 29.2 Å². The van der Waals surface area contributed by atoms with Gasteiger partial charge in [0.25, 0.3) is 5.91 Å². The van der Waals surface area contributed by atoms with Crippen LogP contribution in [0.1, 0.15) is 26.9 Å². The highest BCUT2D eigenvalue weighted by molar-refractivity contribution is 7.99. The molecule has 0 radical (unpaired) electrons. The Labute approximate surface area is 180 Å². The molecule has 1 aromatic carbocycles. The fraction of sp³-hybridized carbons (Fsp3) is 0.455. The maximum absolute atomic E-state index is 13.4. The molecule has 0 aliphatic carbocycles. The molecule has 0 spiro atoms. The summed E-state index contributed by atoms with van der Waals surface area (Å²) in [4.78, 5) is 30.4. The van der Waals surface area contributed by atoms with E-state index in [1.807, 2.05) is 37.3 Å². The van der Waals surface area contributed by atoms with Crippen molar-refractivity contribution in [3.05, 3.63) is 59.5 Å². The summed E-state index contributed by atoms with van der Waals surface area (Å²) in [7, 11) is 0. The third-order valence-corrected chi connectivity index (χ3v) is 6.82. The molecule has 30 heavy (non-hydrogen) atoms. The second-order valence-electron chi connectivity index (χ2n) is 7.58. The number of nitrogens with zero attached hydrogens (tertiary/aromatic N) is 2. The van der Waals surface area contributed by atoms with Gasteiger partial charge in [0.2, 0.25) is 5.91 Å². The third kappa shape index (κ3) is 4.71. The molecule has 2 aliphatic heterocycles. The van der Waals surface area contributed by atoms with Crippen molar-refractivity contribution in [3.8, 4) is 0 Å². The van der Waals surface area contributed by atoms with Gasteiger partial charge in [-0.15, -0.1) is 11.8 Å². The van der Waals surface area contributed by atoms with Crippen LogP contribution in [-0.2, 0) is 9.53 Å². The van der Waals surface area contributed by atoms with Gasteiger partial charge in [-0.3, -0.25) is 14.5 Å². The summed E-state index contributed by atoms with van der Waals surface area (Å²) in [6.07, 6.45) is 3.24. The van der Waals surface area contributed by atoms with E-state index >= 15 is 0 Å². The van der Waals surface area contributed by atoms with Crippen molar-refractivity contribution in [1.29, 1.82) is 0 Å². The average Bonchev–Trinajstić information content (AvgIpc) is 3.44. The zero-order chi connectivity index (χ0) is 20.9. The number of ether oxygens (including phenoxy) is 1. The predicted octanol–water partition coefficient (Wildman–Crippen LogP) is 2.29. The van der Waals surface area contributed by atoms with E-state index in [9.17, 15) is 9.59 Å². The topological polar surface area (TPSA) is 75.0 Å². The molecular formula is C22H27N3O4S. The molecule has 2 aliphatic rings. The van der Waals surface area contributed by atoms with Crippen LogP contribution in [0.25, 0.3) is 0 Å². The summed E-state index contributed by atoms with van der Waals surface area (Å²) < 4.78 is 10.6. The molecule has 2 unspecified atom stereocenters. The number of thioether (sulfide) groups is 1. The van der Waals surface area contributed by atoms with Gasteiger partial charge in [-0.05, 0) is 25.1 Å². The van der Waals surface area contributed by atoms with E-state index in [1.165, 1.54) is 0 Å². The largest absolute Gasteiger partial charge is 0.472 e. The van der Waals surface area contributed by atoms with Gasteiger partial charge >= 0.3 is 0 Å². The molecule has 1 N–H and O–H groups in total. The van der Waals surface area contributed by atoms with Gasteiger partial charge in [0.15, 0.2) is 0 Å². The number of nitrogens with one attached hydrogen (secondary N) is 1. The van der Waals surface area contributed by atoms with E-state index in [4.69, 9.17) is 9.15 Å². The van der Waals surface area contributed by atoms with Gasteiger partial charge in [0, 0.05) is 43.1 Å². The van der Waals surface area contributed by atoms with Crippen molar-refractivity contribution in [2.75, 3.05) is 45.1 Å². The molecule has 2 atom stereocenters. The molecular weight excluding hydrogens is 402 g/mol. The number of benzene rings is 1. The fourth-order valence-electron chi connectivity index (χ4n) is 3.75. The number of morpholine rings is 1. The Balaban J connectivity index is 1.46. The molecule has 0 saturated carbocycles. The van der Waals surface area contributed by atoms with Gasteiger partial charge in [-0.25, -0.2) is 0 Å². The SMILES string of the molecule is Cc1ccc(C(=O)N2C(C(=O)NCCN3CCOCC3)CSC2c2ccoc2)cc1. The van der Waals surface area contributed by atoms with Crippen molar-refractivity contribution < 1.29 is 18.7 Å². The average molecular weight is 430 g/mol. The summed E-state index contributed by atoms with van der Waals surface area (Å²) in [5, 5.41) is 2.79. The monoisotopic (exact) mass is 429 g/mol. The normalized spacial score (nSPS) is 22.2. The second kappa shape index (κ2) is 9.68. The van der Waals surface area contributed by atoms with Crippen LogP contribution in [0.15, 0.2) is 47.3 Å². The molecule has 1 aromatic heterocycles. The Bertz CT molecular complexity index is 850. The molecule has 2 fully saturated rings. The molecule has 7 nitrogen and oxygen atoms in total.